The van der Waals surface area contributed by atoms with Crippen molar-refractivity contribution in [2.24, 2.45) is 0 Å². The standard InChI is InChI=1S/C15H17FN2O3S/c1-2-12(21-13-6-4-3-5-11(13)16)15(20)17-7-14-18-10(8-19)9-22-14/h3-6,9,12,19H,2,7-8H2,1H3,(H,17,20)/t12-/m1/s1. The minimum atomic E-state index is -0.769. The van der Waals surface area contributed by atoms with Crippen molar-refractivity contribution < 1.29 is 19.0 Å². The maximum Gasteiger partial charge on any atom is 0.261 e. The van der Waals surface area contributed by atoms with Gasteiger partial charge in [0.25, 0.3) is 5.91 Å². The Balaban J connectivity index is 1.92. The maximum absolute atomic E-state index is 13.6. The van der Waals surface area contributed by atoms with E-state index in [0.29, 0.717) is 17.1 Å². The van der Waals surface area contributed by atoms with Crippen LogP contribution in [0, 0.1) is 5.82 Å². The zero-order chi connectivity index (χ0) is 15.9. The van der Waals surface area contributed by atoms with E-state index in [1.54, 1.807) is 24.4 Å². The molecular formula is C15H17FN2O3S. The predicted octanol–water partition coefficient (Wildman–Crippen LogP) is 2.25. The number of ether oxygens (including phenoxy) is 1. The number of carbonyl (C=O) groups is 1. The molecule has 5 nitrogen and oxygen atoms in total. The van der Waals surface area contributed by atoms with E-state index < -0.39 is 11.9 Å². The molecule has 118 valence electrons. The molecule has 1 heterocycles. The number of hydrogen-bond donors (Lipinski definition) is 2. The topological polar surface area (TPSA) is 71.5 Å². The number of nitrogens with zero attached hydrogens (tertiary/aromatic N) is 1. The lowest BCUT2D eigenvalue weighted by atomic mass is 10.2. The van der Waals surface area contributed by atoms with Gasteiger partial charge in [0.2, 0.25) is 0 Å². The highest BCUT2D eigenvalue weighted by molar-refractivity contribution is 7.09. The number of para-hydroxylation sites is 1. The Kier molecular flexibility index (Phi) is 5.85. The maximum atomic E-state index is 13.6. The molecule has 0 aliphatic rings. The Hall–Kier alpha value is -1.99. The first-order valence-corrected chi connectivity index (χ1v) is 7.75. The van der Waals surface area contributed by atoms with Crippen molar-refractivity contribution in [2.75, 3.05) is 0 Å². The van der Waals surface area contributed by atoms with Gasteiger partial charge in [0, 0.05) is 5.38 Å². The van der Waals surface area contributed by atoms with Crippen molar-refractivity contribution in [3.63, 3.8) is 0 Å². The molecule has 2 N–H and O–H groups in total. The summed E-state index contributed by atoms with van der Waals surface area (Å²) in [5, 5.41) is 14.1. The van der Waals surface area contributed by atoms with Crippen LogP contribution in [0.4, 0.5) is 4.39 Å². The quantitative estimate of drug-likeness (QED) is 0.819. The second-order valence-electron chi connectivity index (χ2n) is 4.55. The molecule has 2 rings (SSSR count). The van der Waals surface area contributed by atoms with Gasteiger partial charge in [-0.2, -0.15) is 0 Å². The number of rotatable bonds is 7. The molecule has 0 radical (unpaired) electrons. The number of thiazole rings is 1. The van der Waals surface area contributed by atoms with Gasteiger partial charge >= 0.3 is 0 Å². The summed E-state index contributed by atoms with van der Waals surface area (Å²) in [5.74, 6) is -0.769. The van der Waals surface area contributed by atoms with Crippen LogP contribution in [0.5, 0.6) is 5.75 Å². The van der Waals surface area contributed by atoms with E-state index in [4.69, 9.17) is 9.84 Å². The fraction of sp³-hybridized carbons (Fsp3) is 0.333. The molecule has 0 spiro atoms. The number of benzene rings is 1. The first-order chi connectivity index (χ1) is 10.6. The van der Waals surface area contributed by atoms with E-state index in [2.05, 4.69) is 10.3 Å². The average molecular weight is 324 g/mol. The molecule has 0 saturated heterocycles. The van der Waals surface area contributed by atoms with Crippen molar-refractivity contribution in [2.45, 2.75) is 32.6 Å². The SMILES string of the molecule is CC[C@@H](Oc1ccccc1F)C(=O)NCc1nc(CO)cs1. The minimum Gasteiger partial charge on any atom is -0.478 e. The van der Waals surface area contributed by atoms with Crippen LogP contribution in [0.1, 0.15) is 24.0 Å². The summed E-state index contributed by atoms with van der Waals surface area (Å²) < 4.78 is 19.0. The highest BCUT2D eigenvalue weighted by Crippen LogP contribution is 2.18. The van der Waals surface area contributed by atoms with Crippen molar-refractivity contribution in [1.29, 1.82) is 0 Å². The Morgan fingerprint density at radius 2 is 2.27 bits per heavy atom. The van der Waals surface area contributed by atoms with E-state index in [1.807, 2.05) is 0 Å². The zero-order valence-electron chi connectivity index (χ0n) is 12.1. The molecule has 1 aromatic heterocycles. The van der Waals surface area contributed by atoms with Gasteiger partial charge in [0.1, 0.15) is 5.01 Å². The molecular weight excluding hydrogens is 307 g/mol. The zero-order valence-corrected chi connectivity index (χ0v) is 12.9. The number of hydrogen-bond acceptors (Lipinski definition) is 5. The monoisotopic (exact) mass is 324 g/mol. The Morgan fingerprint density at radius 1 is 1.50 bits per heavy atom. The molecule has 1 aromatic carbocycles. The lowest BCUT2D eigenvalue weighted by Gasteiger charge is -2.17. The summed E-state index contributed by atoms with van der Waals surface area (Å²) in [4.78, 5) is 16.2. The normalized spacial score (nSPS) is 12.0. The third-order valence-corrected chi connectivity index (χ3v) is 3.84. The molecule has 1 atom stereocenters. The number of aromatic nitrogens is 1. The van der Waals surface area contributed by atoms with Gasteiger partial charge in [-0.1, -0.05) is 19.1 Å². The molecule has 0 aliphatic heterocycles. The van der Waals surface area contributed by atoms with Crippen molar-refractivity contribution in [3.8, 4) is 5.75 Å². The highest BCUT2D eigenvalue weighted by Gasteiger charge is 2.19. The number of aliphatic hydroxyl groups is 1. The Labute approximate surface area is 131 Å². The van der Waals surface area contributed by atoms with Gasteiger partial charge in [0.15, 0.2) is 17.7 Å². The summed E-state index contributed by atoms with van der Waals surface area (Å²) in [7, 11) is 0. The van der Waals surface area contributed by atoms with Gasteiger partial charge in [-0.25, -0.2) is 9.37 Å². The molecule has 0 fully saturated rings. The van der Waals surface area contributed by atoms with Crippen LogP contribution in [0.15, 0.2) is 29.6 Å². The predicted molar refractivity (Wildman–Crippen MR) is 81.0 cm³/mol. The van der Waals surface area contributed by atoms with E-state index >= 15 is 0 Å². The molecule has 7 heteroatoms. The number of nitrogens with one attached hydrogen (secondary N) is 1. The summed E-state index contributed by atoms with van der Waals surface area (Å²) in [6.07, 6.45) is -0.353. The second kappa shape index (κ2) is 7.86. The molecule has 0 bridgehead atoms. The number of carbonyl (C=O) groups excluding carboxylic acids is 1. The van der Waals surface area contributed by atoms with E-state index in [1.165, 1.54) is 23.5 Å². The number of halogens is 1. The van der Waals surface area contributed by atoms with Crippen molar-refractivity contribution >= 4 is 17.2 Å². The minimum absolute atomic E-state index is 0.0568. The van der Waals surface area contributed by atoms with Crippen LogP contribution in [0.3, 0.4) is 0 Å². The smallest absolute Gasteiger partial charge is 0.261 e. The fourth-order valence-electron chi connectivity index (χ4n) is 1.80. The largest absolute Gasteiger partial charge is 0.478 e. The molecule has 0 aliphatic carbocycles. The first-order valence-electron chi connectivity index (χ1n) is 6.87. The van der Waals surface area contributed by atoms with Gasteiger partial charge in [-0.15, -0.1) is 11.3 Å². The average Bonchev–Trinajstić information content (AvgIpc) is 3.00. The summed E-state index contributed by atoms with van der Waals surface area (Å²) in [6, 6.07) is 5.98. The molecule has 22 heavy (non-hydrogen) atoms. The van der Waals surface area contributed by atoms with Crippen molar-refractivity contribution in [3.05, 3.63) is 46.2 Å². The third-order valence-electron chi connectivity index (χ3n) is 2.94. The Morgan fingerprint density at radius 3 is 2.91 bits per heavy atom. The molecule has 0 unspecified atom stereocenters. The van der Waals surface area contributed by atoms with Crippen LogP contribution in [-0.2, 0) is 17.9 Å². The number of aliphatic hydroxyl groups excluding tert-OH is 1. The fourth-order valence-corrected chi connectivity index (χ4v) is 2.52. The van der Waals surface area contributed by atoms with E-state index in [-0.39, 0.29) is 24.8 Å². The van der Waals surface area contributed by atoms with Crippen LogP contribution in [0.2, 0.25) is 0 Å². The molecule has 2 aromatic rings. The first kappa shape index (κ1) is 16.4. The van der Waals surface area contributed by atoms with Gasteiger partial charge in [0.05, 0.1) is 18.8 Å². The van der Waals surface area contributed by atoms with Gasteiger partial charge in [-0.05, 0) is 18.6 Å². The van der Waals surface area contributed by atoms with Crippen LogP contribution in [0.25, 0.3) is 0 Å². The van der Waals surface area contributed by atoms with E-state index in [9.17, 15) is 9.18 Å². The third kappa shape index (κ3) is 4.25. The summed E-state index contributed by atoms with van der Waals surface area (Å²) >= 11 is 1.36. The highest BCUT2D eigenvalue weighted by atomic mass is 32.1. The van der Waals surface area contributed by atoms with Crippen LogP contribution < -0.4 is 10.1 Å². The van der Waals surface area contributed by atoms with Gasteiger partial charge in [-0.3, -0.25) is 4.79 Å². The lowest BCUT2D eigenvalue weighted by molar-refractivity contribution is -0.128. The second-order valence-corrected chi connectivity index (χ2v) is 5.50. The van der Waals surface area contributed by atoms with Crippen molar-refractivity contribution in [1.82, 2.24) is 10.3 Å². The number of amides is 1. The summed E-state index contributed by atoms with van der Waals surface area (Å²) in [6.45, 7) is 1.91. The molecule has 1 amide bonds. The van der Waals surface area contributed by atoms with Gasteiger partial charge < -0.3 is 15.2 Å². The Bertz CT molecular complexity index is 633. The summed E-state index contributed by atoms with van der Waals surface area (Å²) in [5.41, 5.74) is 0.573. The van der Waals surface area contributed by atoms with E-state index in [0.717, 1.165) is 0 Å². The lowest BCUT2D eigenvalue weighted by Crippen LogP contribution is -2.37. The van der Waals surface area contributed by atoms with Crippen LogP contribution >= 0.6 is 11.3 Å². The van der Waals surface area contributed by atoms with Crippen LogP contribution in [-0.4, -0.2) is 22.1 Å². The molecule has 0 saturated carbocycles.